The van der Waals surface area contributed by atoms with Gasteiger partial charge in [0.25, 0.3) is 0 Å². The molecule has 0 aromatic heterocycles. The maximum absolute atomic E-state index is 11.8. The lowest BCUT2D eigenvalue weighted by atomic mass is 10.1. The zero-order valence-electron chi connectivity index (χ0n) is 13.9. The highest BCUT2D eigenvalue weighted by molar-refractivity contribution is 5.87. The molecule has 0 spiro atoms. The number of carboxylic acid groups (broad SMARTS) is 1. The van der Waals surface area contributed by atoms with Crippen molar-refractivity contribution in [2.45, 2.75) is 40.2 Å². The van der Waals surface area contributed by atoms with Gasteiger partial charge < -0.3 is 10.4 Å². The standard InChI is InChI=1S/C15H24N2O6/c1-9(15(22)23)5-14(21)16-6-13(12(4)20)17(7-10(2)18)8-11(3)19/h9,13H,5-8H2,1-4H3,(H,16,21)(H,22,23). The van der Waals surface area contributed by atoms with Crippen LogP contribution in [-0.4, -0.2) is 64.9 Å². The van der Waals surface area contributed by atoms with Gasteiger partial charge in [-0.25, -0.2) is 0 Å². The number of nitrogens with zero attached hydrogens (tertiary/aromatic N) is 1. The number of hydrogen-bond acceptors (Lipinski definition) is 6. The molecule has 130 valence electrons. The van der Waals surface area contributed by atoms with E-state index in [1.54, 1.807) is 0 Å². The first-order chi connectivity index (χ1) is 10.5. The van der Waals surface area contributed by atoms with Crippen LogP contribution in [0.5, 0.6) is 0 Å². The van der Waals surface area contributed by atoms with Crippen LogP contribution in [0.25, 0.3) is 0 Å². The third-order valence-corrected chi connectivity index (χ3v) is 3.17. The van der Waals surface area contributed by atoms with Crippen molar-refractivity contribution in [1.82, 2.24) is 10.2 Å². The van der Waals surface area contributed by atoms with Crippen LogP contribution < -0.4 is 5.32 Å². The van der Waals surface area contributed by atoms with Crippen LogP contribution in [0.1, 0.15) is 34.1 Å². The van der Waals surface area contributed by atoms with Crippen molar-refractivity contribution in [2.24, 2.45) is 5.92 Å². The second kappa shape index (κ2) is 9.83. The fourth-order valence-corrected chi connectivity index (χ4v) is 2.03. The maximum atomic E-state index is 11.8. The molecule has 0 aromatic carbocycles. The van der Waals surface area contributed by atoms with E-state index in [-0.39, 0.29) is 43.4 Å². The van der Waals surface area contributed by atoms with E-state index in [0.29, 0.717) is 0 Å². The molecule has 8 nitrogen and oxygen atoms in total. The van der Waals surface area contributed by atoms with E-state index < -0.39 is 23.8 Å². The highest BCUT2D eigenvalue weighted by atomic mass is 16.4. The number of carbonyl (C=O) groups excluding carboxylic acids is 4. The number of rotatable bonds is 11. The van der Waals surface area contributed by atoms with Gasteiger partial charge in [0.2, 0.25) is 5.91 Å². The van der Waals surface area contributed by atoms with Crippen molar-refractivity contribution in [3.63, 3.8) is 0 Å². The molecule has 0 radical (unpaired) electrons. The molecule has 23 heavy (non-hydrogen) atoms. The predicted octanol–water partition coefficient (Wildman–Crippen LogP) is -0.349. The zero-order valence-corrected chi connectivity index (χ0v) is 13.9. The Morgan fingerprint density at radius 1 is 1.00 bits per heavy atom. The summed E-state index contributed by atoms with van der Waals surface area (Å²) in [6.45, 7) is 5.17. The van der Waals surface area contributed by atoms with Gasteiger partial charge in [-0.2, -0.15) is 0 Å². The van der Waals surface area contributed by atoms with Crippen LogP contribution in [-0.2, 0) is 24.0 Å². The van der Waals surface area contributed by atoms with Gasteiger partial charge in [-0.3, -0.25) is 28.9 Å². The lowest BCUT2D eigenvalue weighted by molar-refractivity contribution is -0.143. The first-order valence-corrected chi connectivity index (χ1v) is 7.27. The molecule has 0 aliphatic carbocycles. The Morgan fingerprint density at radius 3 is 1.83 bits per heavy atom. The van der Waals surface area contributed by atoms with E-state index >= 15 is 0 Å². The average Bonchev–Trinajstić information content (AvgIpc) is 2.36. The molecule has 0 rings (SSSR count). The smallest absolute Gasteiger partial charge is 0.306 e. The normalized spacial score (nSPS) is 13.3. The second-order valence-corrected chi connectivity index (χ2v) is 5.68. The molecule has 2 unspecified atom stereocenters. The summed E-state index contributed by atoms with van der Waals surface area (Å²) in [6.07, 6.45) is -0.209. The van der Waals surface area contributed by atoms with E-state index in [1.807, 2.05) is 0 Å². The lowest BCUT2D eigenvalue weighted by Crippen LogP contribution is -2.51. The number of carbonyl (C=O) groups is 5. The average molecular weight is 328 g/mol. The monoisotopic (exact) mass is 328 g/mol. The molecule has 0 heterocycles. The summed E-state index contributed by atoms with van der Waals surface area (Å²) in [5.41, 5.74) is 0. The van der Waals surface area contributed by atoms with E-state index in [9.17, 15) is 24.0 Å². The first kappa shape index (κ1) is 20.9. The number of Topliss-reactive ketones (excluding diaryl/α,β-unsaturated/α-hetero) is 3. The summed E-state index contributed by atoms with van der Waals surface area (Å²) < 4.78 is 0. The molecule has 0 saturated carbocycles. The predicted molar refractivity (Wildman–Crippen MR) is 81.8 cm³/mol. The minimum absolute atomic E-state index is 0.0781. The van der Waals surface area contributed by atoms with Crippen LogP contribution in [0.3, 0.4) is 0 Å². The number of hydrogen-bond donors (Lipinski definition) is 2. The number of ketones is 3. The number of nitrogens with one attached hydrogen (secondary N) is 1. The van der Waals surface area contributed by atoms with E-state index in [4.69, 9.17) is 5.11 Å². The van der Waals surface area contributed by atoms with Gasteiger partial charge in [-0.15, -0.1) is 0 Å². The Morgan fingerprint density at radius 2 is 1.48 bits per heavy atom. The highest BCUT2D eigenvalue weighted by Gasteiger charge is 2.26. The third-order valence-electron chi connectivity index (χ3n) is 3.17. The highest BCUT2D eigenvalue weighted by Crippen LogP contribution is 2.04. The van der Waals surface area contributed by atoms with Gasteiger partial charge in [0, 0.05) is 13.0 Å². The molecule has 0 fully saturated rings. The molecule has 1 amide bonds. The molecule has 0 saturated heterocycles. The van der Waals surface area contributed by atoms with Crippen LogP contribution in [0.15, 0.2) is 0 Å². The Hall–Kier alpha value is -2.09. The molecular formula is C15H24N2O6. The van der Waals surface area contributed by atoms with Gasteiger partial charge in [-0.1, -0.05) is 6.92 Å². The molecule has 0 aliphatic rings. The summed E-state index contributed by atoms with van der Waals surface area (Å²) >= 11 is 0. The van der Waals surface area contributed by atoms with E-state index in [2.05, 4.69) is 5.32 Å². The maximum Gasteiger partial charge on any atom is 0.306 e. The van der Waals surface area contributed by atoms with E-state index in [1.165, 1.54) is 32.6 Å². The van der Waals surface area contributed by atoms with Gasteiger partial charge >= 0.3 is 5.97 Å². The lowest BCUT2D eigenvalue weighted by Gasteiger charge is -2.28. The van der Waals surface area contributed by atoms with Crippen LogP contribution >= 0.6 is 0 Å². The second-order valence-electron chi connectivity index (χ2n) is 5.68. The zero-order chi connectivity index (χ0) is 18.2. The summed E-state index contributed by atoms with van der Waals surface area (Å²) in [5, 5.41) is 11.3. The molecule has 2 N–H and O–H groups in total. The SMILES string of the molecule is CC(=O)CN(CC(C)=O)C(CNC(=O)CC(C)C(=O)O)C(C)=O. The summed E-state index contributed by atoms with van der Waals surface area (Å²) in [7, 11) is 0. The molecular weight excluding hydrogens is 304 g/mol. The van der Waals surface area contributed by atoms with Crippen LogP contribution in [0, 0.1) is 5.92 Å². The molecule has 0 bridgehead atoms. The Labute approximate surface area is 135 Å². The van der Waals surface area contributed by atoms with E-state index in [0.717, 1.165) is 0 Å². The largest absolute Gasteiger partial charge is 0.481 e. The molecule has 0 aromatic rings. The molecule has 2 atom stereocenters. The van der Waals surface area contributed by atoms with Crippen molar-refractivity contribution in [3.8, 4) is 0 Å². The van der Waals surface area contributed by atoms with Crippen molar-refractivity contribution < 1.29 is 29.1 Å². The summed E-state index contributed by atoms with van der Waals surface area (Å²) in [4.78, 5) is 58.2. The fraction of sp³-hybridized carbons (Fsp3) is 0.667. The Kier molecular flexibility index (Phi) is 8.94. The number of carboxylic acids is 1. The number of amides is 1. The summed E-state index contributed by atoms with van der Waals surface area (Å²) in [6, 6.07) is -0.813. The fourth-order valence-electron chi connectivity index (χ4n) is 2.03. The van der Waals surface area contributed by atoms with Crippen LogP contribution in [0.2, 0.25) is 0 Å². The molecule has 0 aliphatic heterocycles. The van der Waals surface area contributed by atoms with Gasteiger partial charge in [0.1, 0.15) is 17.3 Å². The Balaban J connectivity index is 4.84. The quantitative estimate of drug-likeness (QED) is 0.532. The molecule has 8 heteroatoms. The van der Waals surface area contributed by atoms with Crippen molar-refractivity contribution in [3.05, 3.63) is 0 Å². The van der Waals surface area contributed by atoms with Crippen molar-refractivity contribution >= 4 is 29.2 Å². The third kappa shape index (κ3) is 8.82. The van der Waals surface area contributed by atoms with Crippen LogP contribution in [0.4, 0.5) is 0 Å². The minimum atomic E-state index is -1.09. The Bertz CT molecular complexity index is 472. The first-order valence-electron chi connectivity index (χ1n) is 7.27. The van der Waals surface area contributed by atoms with Gasteiger partial charge in [0.05, 0.1) is 25.0 Å². The van der Waals surface area contributed by atoms with Crippen molar-refractivity contribution in [1.29, 1.82) is 0 Å². The topological polar surface area (TPSA) is 121 Å². The van der Waals surface area contributed by atoms with Gasteiger partial charge in [-0.05, 0) is 20.8 Å². The number of aliphatic carboxylic acids is 1. The summed E-state index contributed by atoms with van der Waals surface area (Å²) in [5.74, 6) is -3.13. The minimum Gasteiger partial charge on any atom is -0.481 e. The van der Waals surface area contributed by atoms with Gasteiger partial charge in [0.15, 0.2) is 0 Å². The van der Waals surface area contributed by atoms with Crippen molar-refractivity contribution in [2.75, 3.05) is 19.6 Å².